The first kappa shape index (κ1) is 16.7. The Kier molecular flexibility index (Phi) is 5.74. The summed E-state index contributed by atoms with van der Waals surface area (Å²) in [7, 11) is 0. The lowest BCUT2D eigenvalue weighted by molar-refractivity contribution is -0.137. The smallest absolute Gasteiger partial charge is 0.277 e. The molecule has 2 rings (SSSR count). The summed E-state index contributed by atoms with van der Waals surface area (Å²) >= 11 is 3.49. The molecular formula is C16H19BrN2O3. The third kappa shape index (κ3) is 3.75. The zero-order valence-corrected chi connectivity index (χ0v) is 14.0. The van der Waals surface area contributed by atoms with Crippen molar-refractivity contribution in [3.8, 4) is 0 Å². The first-order chi connectivity index (χ1) is 10.6. The van der Waals surface area contributed by atoms with Gasteiger partial charge in [0, 0.05) is 10.5 Å². The molecule has 22 heavy (non-hydrogen) atoms. The lowest BCUT2D eigenvalue weighted by Crippen LogP contribution is -2.34. The van der Waals surface area contributed by atoms with Gasteiger partial charge in [-0.25, -0.2) is 0 Å². The topological polar surface area (TPSA) is 69.6 Å². The number of β-amino-alcohol motifs (C(OH)–C–C–N with tert-alkyl or cyclic N) is 1. The molecular weight excluding hydrogens is 348 g/mol. The van der Waals surface area contributed by atoms with Crippen molar-refractivity contribution in [2.45, 2.75) is 26.2 Å². The Morgan fingerprint density at radius 1 is 1.32 bits per heavy atom. The number of amides is 2. The van der Waals surface area contributed by atoms with E-state index in [1.165, 1.54) is 11.6 Å². The molecule has 0 atom stereocenters. The van der Waals surface area contributed by atoms with Crippen LogP contribution in [-0.2, 0) is 16.0 Å². The molecule has 0 bridgehead atoms. The number of aliphatic hydroxyl groups is 1. The first-order valence-electron chi connectivity index (χ1n) is 7.30. The average Bonchev–Trinajstić information content (AvgIpc) is 2.75. The third-order valence-corrected chi connectivity index (χ3v) is 4.11. The minimum absolute atomic E-state index is 0.0104. The van der Waals surface area contributed by atoms with E-state index in [-0.39, 0.29) is 18.8 Å². The van der Waals surface area contributed by atoms with Crippen molar-refractivity contribution in [1.29, 1.82) is 0 Å². The Hall–Kier alpha value is -1.66. The van der Waals surface area contributed by atoms with Crippen LogP contribution in [0.3, 0.4) is 0 Å². The fraction of sp³-hybridized carbons (Fsp3) is 0.375. The fourth-order valence-electron chi connectivity index (χ4n) is 2.25. The van der Waals surface area contributed by atoms with Gasteiger partial charge in [0.1, 0.15) is 5.70 Å². The predicted octanol–water partition coefficient (Wildman–Crippen LogP) is 2.45. The first-order valence-corrected chi connectivity index (χ1v) is 8.10. The lowest BCUT2D eigenvalue weighted by atomic mass is 10.1. The number of anilines is 1. The summed E-state index contributed by atoms with van der Waals surface area (Å²) in [4.78, 5) is 24.8. The van der Waals surface area contributed by atoms with Crippen molar-refractivity contribution in [2.24, 2.45) is 0 Å². The molecule has 0 unspecified atom stereocenters. The number of halogens is 1. The highest BCUT2D eigenvalue weighted by Gasteiger charge is 2.30. The van der Waals surface area contributed by atoms with Crippen LogP contribution in [-0.4, -0.2) is 35.0 Å². The second-order valence-corrected chi connectivity index (χ2v) is 5.97. The van der Waals surface area contributed by atoms with E-state index in [9.17, 15) is 9.59 Å². The van der Waals surface area contributed by atoms with Crippen LogP contribution in [0.4, 0.5) is 5.69 Å². The Labute approximate surface area is 138 Å². The van der Waals surface area contributed by atoms with Gasteiger partial charge in [-0.05, 0) is 46.5 Å². The van der Waals surface area contributed by atoms with Gasteiger partial charge in [0.15, 0.2) is 0 Å². The van der Waals surface area contributed by atoms with Crippen LogP contribution >= 0.6 is 15.9 Å². The molecule has 6 heteroatoms. The highest BCUT2D eigenvalue weighted by Crippen LogP contribution is 2.27. The zero-order chi connectivity index (χ0) is 16.1. The summed E-state index contributed by atoms with van der Waals surface area (Å²) in [5.74, 6) is -0.821. The maximum Gasteiger partial charge on any atom is 0.277 e. The number of nitrogens with one attached hydrogen (secondary N) is 1. The molecule has 0 spiro atoms. The number of unbranched alkanes of at least 4 members (excludes halogenated alkanes) is 1. The number of imide groups is 1. The molecule has 1 heterocycles. The molecule has 1 aromatic rings. The standard InChI is InChI=1S/C16H19BrN2O3/c1-2-3-4-11-5-6-13(12(17)9-11)18-14-10-15(21)19(7-8-20)16(14)22/h5-6,9-10,18,20H,2-4,7-8H2,1H3. The van der Waals surface area contributed by atoms with E-state index in [4.69, 9.17) is 5.11 Å². The quantitative estimate of drug-likeness (QED) is 0.727. The van der Waals surface area contributed by atoms with Crippen molar-refractivity contribution in [3.05, 3.63) is 40.0 Å². The van der Waals surface area contributed by atoms with E-state index in [2.05, 4.69) is 28.2 Å². The Morgan fingerprint density at radius 3 is 2.73 bits per heavy atom. The van der Waals surface area contributed by atoms with Crippen LogP contribution in [0.5, 0.6) is 0 Å². The molecule has 0 saturated heterocycles. The molecule has 2 N–H and O–H groups in total. The second-order valence-electron chi connectivity index (χ2n) is 5.12. The summed E-state index contributed by atoms with van der Waals surface area (Å²) in [6.45, 7) is 1.92. The summed E-state index contributed by atoms with van der Waals surface area (Å²) < 4.78 is 0.850. The minimum Gasteiger partial charge on any atom is -0.395 e. The summed E-state index contributed by atoms with van der Waals surface area (Å²) in [6.07, 6.45) is 4.55. The molecule has 0 saturated carbocycles. The molecule has 0 fully saturated rings. The molecule has 0 radical (unpaired) electrons. The van der Waals surface area contributed by atoms with E-state index in [1.807, 2.05) is 18.2 Å². The maximum absolute atomic E-state index is 12.1. The Morgan fingerprint density at radius 2 is 2.09 bits per heavy atom. The SMILES string of the molecule is CCCCc1ccc(NC2=CC(=O)N(CCO)C2=O)c(Br)c1. The number of carbonyl (C=O) groups excluding carboxylic acids is 2. The van der Waals surface area contributed by atoms with Gasteiger partial charge in [-0.15, -0.1) is 0 Å². The number of nitrogens with zero attached hydrogens (tertiary/aromatic N) is 1. The van der Waals surface area contributed by atoms with Crippen LogP contribution in [0.2, 0.25) is 0 Å². The molecule has 118 valence electrons. The van der Waals surface area contributed by atoms with Gasteiger partial charge in [0.25, 0.3) is 11.8 Å². The van der Waals surface area contributed by atoms with Gasteiger partial charge in [0.2, 0.25) is 0 Å². The molecule has 1 aliphatic heterocycles. The van der Waals surface area contributed by atoms with Crippen LogP contribution in [0.15, 0.2) is 34.4 Å². The highest BCUT2D eigenvalue weighted by atomic mass is 79.9. The Balaban J connectivity index is 2.10. The summed E-state index contributed by atoms with van der Waals surface area (Å²) in [6, 6.07) is 5.92. The van der Waals surface area contributed by atoms with Gasteiger partial charge >= 0.3 is 0 Å². The number of carbonyl (C=O) groups is 2. The monoisotopic (exact) mass is 366 g/mol. The number of aliphatic hydroxyl groups excluding tert-OH is 1. The number of hydrogen-bond acceptors (Lipinski definition) is 4. The molecule has 5 nitrogen and oxygen atoms in total. The van der Waals surface area contributed by atoms with E-state index in [1.54, 1.807) is 0 Å². The van der Waals surface area contributed by atoms with E-state index < -0.39 is 11.8 Å². The van der Waals surface area contributed by atoms with Gasteiger partial charge in [-0.2, -0.15) is 0 Å². The summed E-state index contributed by atoms with van der Waals surface area (Å²) in [5.41, 5.74) is 2.18. The Bertz CT molecular complexity index is 613. The largest absolute Gasteiger partial charge is 0.395 e. The second kappa shape index (κ2) is 7.56. The van der Waals surface area contributed by atoms with Crippen molar-refractivity contribution in [1.82, 2.24) is 4.90 Å². The molecule has 0 aromatic heterocycles. The van der Waals surface area contributed by atoms with Gasteiger partial charge in [-0.3, -0.25) is 14.5 Å². The number of rotatable bonds is 7. The number of benzene rings is 1. The van der Waals surface area contributed by atoms with Crippen molar-refractivity contribution in [3.63, 3.8) is 0 Å². The van der Waals surface area contributed by atoms with E-state index >= 15 is 0 Å². The summed E-state index contributed by atoms with van der Waals surface area (Å²) in [5, 5.41) is 11.9. The van der Waals surface area contributed by atoms with Crippen molar-refractivity contribution >= 4 is 33.4 Å². The average molecular weight is 367 g/mol. The fourth-order valence-corrected chi connectivity index (χ4v) is 2.78. The minimum atomic E-state index is -0.416. The van der Waals surface area contributed by atoms with Crippen LogP contribution in [0, 0.1) is 0 Å². The van der Waals surface area contributed by atoms with Crippen LogP contribution in [0.25, 0.3) is 0 Å². The van der Waals surface area contributed by atoms with E-state index in [0.29, 0.717) is 0 Å². The van der Waals surface area contributed by atoms with Gasteiger partial charge in [-0.1, -0.05) is 19.4 Å². The third-order valence-electron chi connectivity index (χ3n) is 3.45. The maximum atomic E-state index is 12.1. The molecule has 1 aliphatic rings. The molecule has 1 aromatic carbocycles. The molecule has 0 aliphatic carbocycles. The van der Waals surface area contributed by atoms with Crippen LogP contribution < -0.4 is 5.32 Å². The molecule has 2 amide bonds. The normalized spacial score (nSPS) is 14.5. The number of hydrogen-bond donors (Lipinski definition) is 2. The van der Waals surface area contributed by atoms with Crippen LogP contribution in [0.1, 0.15) is 25.3 Å². The van der Waals surface area contributed by atoms with E-state index in [0.717, 1.165) is 34.3 Å². The van der Waals surface area contributed by atoms with Crippen molar-refractivity contribution < 1.29 is 14.7 Å². The number of aryl methyl sites for hydroxylation is 1. The van der Waals surface area contributed by atoms with Gasteiger partial charge < -0.3 is 10.4 Å². The lowest BCUT2D eigenvalue weighted by Gasteiger charge is -2.14. The van der Waals surface area contributed by atoms with Gasteiger partial charge in [0.05, 0.1) is 18.8 Å². The predicted molar refractivity (Wildman–Crippen MR) is 88.3 cm³/mol. The van der Waals surface area contributed by atoms with Crippen molar-refractivity contribution in [2.75, 3.05) is 18.5 Å². The highest BCUT2D eigenvalue weighted by molar-refractivity contribution is 9.10. The zero-order valence-electron chi connectivity index (χ0n) is 12.4.